The second-order valence-electron chi connectivity index (χ2n) is 6.87. The number of pyridine rings is 1. The Balaban J connectivity index is 1.73. The summed E-state index contributed by atoms with van der Waals surface area (Å²) in [6, 6.07) is 20.0. The van der Waals surface area contributed by atoms with Crippen molar-refractivity contribution in [2.75, 3.05) is 10.3 Å². The highest BCUT2D eigenvalue weighted by molar-refractivity contribution is 6.13. The minimum Gasteiger partial charge on any atom is -0.400 e. The maximum Gasteiger partial charge on any atom is 0.433 e. The molecule has 0 saturated heterocycles. The molecule has 0 unspecified atom stereocenters. The number of hydrogen-bond acceptors (Lipinski definition) is 7. The molecule has 0 aliphatic rings. The van der Waals surface area contributed by atoms with E-state index in [9.17, 15) is 19.7 Å². The van der Waals surface area contributed by atoms with E-state index >= 15 is 0 Å². The van der Waals surface area contributed by atoms with Gasteiger partial charge in [-0.15, -0.1) is 0 Å². The maximum atomic E-state index is 13.1. The average Bonchev–Trinajstić information content (AvgIpc) is 3.28. The number of aromatic nitrogens is 1. The third kappa shape index (κ3) is 4.74. The zero-order chi connectivity index (χ0) is 23.4. The van der Waals surface area contributed by atoms with Crippen LogP contribution in [-0.2, 0) is 4.79 Å². The van der Waals surface area contributed by atoms with Crippen molar-refractivity contribution >= 4 is 46.3 Å². The molecule has 0 radical (unpaired) electrons. The second kappa shape index (κ2) is 9.10. The van der Waals surface area contributed by atoms with E-state index in [0.717, 1.165) is 11.2 Å². The zero-order valence-electron chi connectivity index (χ0n) is 17.3. The van der Waals surface area contributed by atoms with E-state index in [1.165, 1.54) is 25.1 Å². The van der Waals surface area contributed by atoms with Crippen molar-refractivity contribution < 1.29 is 18.9 Å². The van der Waals surface area contributed by atoms with Crippen molar-refractivity contribution in [2.45, 2.75) is 6.92 Å². The third-order valence-electron chi connectivity index (χ3n) is 4.59. The Morgan fingerprint density at radius 3 is 2.52 bits per heavy atom. The first-order valence-electron chi connectivity index (χ1n) is 9.77. The van der Waals surface area contributed by atoms with E-state index < -0.39 is 16.7 Å². The summed E-state index contributed by atoms with van der Waals surface area (Å²) in [5.74, 6) is -1.12. The quantitative estimate of drug-likeness (QED) is 0.267. The van der Waals surface area contributed by atoms with E-state index in [0.29, 0.717) is 22.2 Å². The first-order valence-corrected chi connectivity index (χ1v) is 9.77. The van der Waals surface area contributed by atoms with Gasteiger partial charge in [0.1, 0.15) is 4.92 Å². The number of carbonyl (C=O) groups is 2. The van der Waals surface area contributed by atoms with E-state index in [1.807, 2.05) is 6.07 Å². The van der Waals surface area contributed by atoms with Gasteiger partial charge < -0.3 is 9.73 Å². The van der Waals surface area contributed by atoms with Gasteiger partial charge in [0.05, 0.1) is 23.4 Å². The van der Waals surface area contributed by atoms with Crippen LogP contribution < -0.4 is 10.3 Å². The van der Waals surface area contributed by atoms with Crippen LogP contribution in [0.5, 0.6) is 0 Å². The molecule has 33 heavy (non-hydrogen) atoms. The molecule has 0 spiro atoms. The fourth-order valence-corrected chi connectivity index (χ4v) is 3.10. The lowest BCUT2D eigenvalue weighted by atomic mass is 10.1. The number of anilines is 2. The highest BCUT2D eigenvalue weighted by Crippen LogP contribution is 2.25. The van der Waals surface area contributed by atoms with Crippen molar-refractivity contribution in [3.63, 3.8) is 0 Å². The summed E-state index contributed by atoms with van der Waals surface area (Å²) in [5.41, 5.74) is 1.41. The lowest BCUT2D eigenvalue weighted by Crippen LogP contribution is -2.24. The molecule has 10 heteroatoms. The Kier molecular flexibility index (Phi) is 5.90. The Bertz CT molecular complexity index is 1380. The van der Waals surface area contributed by atoms with E-state index in [4.69, 9.17) is 4.42 Å². The number of hydrazone groups is 1. The van der Waals surface area contributed by atoms with Crippen LogP contribution in [0.25, 0.3) is 10.9 Å². The Hall–Kier alpha value is -4.86. The van der Waals surface area contributed by atoms with Crippen molar-refractivity contribution in [1.82, 2.24) is 4.98 Å². The molecule has 0 atom stereocenters. The van der Waals surface area contributed by atoms with Crippen molar-refractivity contribution in [2.24, 2.45) is 5.10 Å². The lowest BCUT2D eigenvalue weighted by molar-refractivity contribution is -0.402. The molecular formula is C23H17N5O5. The van der Waals surface area contributed by atoms with Crippen LogP contribution in [0.2, 0.25) is 0 Å². The number of amides is 2. The van der Waals surface area contributed by atoms with Crippen molar-refractivity contribution in [3.05, 3.63) is 94.2 Å². The molecule has 2 amide bonds. The molecule has 164 valence electrons. The van der Waals surface area contributed by atoms with Gasteiger partial charge in [-0.2, -0.15) is 10.1 Å². The van der Waals surface area contributed by atoms with Crippen LogP contribution in [0.3, 0.4) is 0 Å². The number of nitro groups is 1. The summed E-state index contributed by atoms with van der Waals surface area (Å²) < 4.78 is 5.04. The molecule has 2 heterocycles. The van der Waals surface area contributed by atoms with Crippen LogP contribution in [0.4, 0.5) is 17.4 Å². The molecular weight excluding hydrogens is 426 g/mol. The number of nitrogens with one attached hydrogen (secondary N) is 1. The SMILES string of the molecule is CC(=O)N(N=Cc1ccc([N+](=O)[O-])o1)c1cc(C(=O)Nc2ccccc2)c2ccccc2n1. The molecule has 0 bridgehead atoms. The van der Waals surface area contributed by atoms with Gasteiger partial charge in [0.2, 0.25) is 5.91 Å². The standard InChI is InChI=1S/C23H17N5O5/c1-15(29)27(24-14-17-11-12-22(33-17)28(31)32)21-13-19(18-9-5-6-10-20(18)26-21)23(30)25-16-7-3-2-4-8-16/h2-14H,1H3,(H,25,30). The Labute approximate surface area is 187 Å². The van der Waals surface area contributed by atoms with Gasteiger partial charge in [-0.3, -0.25) is 19.7 Å². The number of benzene rings is 2. The zero-order valence-corrected chi connectivity index (χ0v) is 17.3. The Morgan fingerprint density at radius 2 is 1.82 bits per heavy atom. The minimum absolute atomic E-state index is 0.0794. The number of rotatable bonds is 6. The monoisotopic (exact) mass is 443 g/mol. The van der Waals surface area contributed by atoms with Crippen LogP contribution in [0.1, 0.15) is 23.0 Å². The van der Waals surface area contributed by atoms with E-state index in [2.05, 4.69) is 15.4 Å². The molecule has 0 fully saturated rings. The van der Waals surface area contributed by atoms with Gasteiger partial charge in [-0.25, -0.2) is 4.98 Å². The smallest absolute Gasteiger partial charge is 0.400 e. The van der Waals surface area contributed by atoms with E-state index in [1.54, 1.807) is 48.5 Å². The average molecular weight is 443 g/mol. The second-order valence-corrected chi connectivity index (χ2v) is 6.87. The summed E-state index contributed by atoms with van der Waals surface area (Å²) in [4.78, 5) is 40.0. The number of carbonyl (C=O) groups excluding carboxylic acids is 2. The molecule has 0 aliphatic carbocycles. The number of nitrogens with zero attached hydrogens (tertiary/aromatic N) is 4. The van der Waals surface area contributed by atoms with Gasteiger partial charge in [-0.1, -0.05) is 36.4 Å². The fourth-order valence-electron chi connectivity index (χ4n) is 3.10. The third-order valence-corrected chi connectivity index (χ3v) is 4.59. The number of hydrogen-bond donors (Lipinski definition) is 1. The molecule has 2 aromatic carbocycles. The van der Waals surface area contributed by atoms with Gasteiger partial charge in [0.15, 0.2) is 11.6 Å². The summed E-state index contributed by atoms with van der Waals surface area (Å²) in [5, 5.41) is 19.3. The molecule has 2 aromatic heterocycles. The molecule has 4 aromatic rings. The summed E-state index contributed by atoms with van der Waals surface area (Å²) >= 11 is 0. The Morgan fingerprint density at radius 1 is 1.09 bits per heavy atom. The fraction of sp³-hybridized carbons (Fsp3) is 0.0435. The van der Waals surface area contributed by atoms with Gasteiger partial charge in [-0.05, 0) is 30.3 Å². The van der Waals surface area contributed by atoms with Crippen LogP contribution in [0.15, 0.2) is 82.3 Å². The van der Waals surface area contributed by atoms with Gasteiger partial charge in [0.25, 0.3) is 5.91 Å². The van der Waals surface area contributed by atoms with Crippen molar-refractivity contribution in [3.8, 4) is 0 Å². The van der Waals surface area contributed by atoms with Crippen LogP contribution in [-0.4, -0.2) is 27.9 Å². The lowest BCUT2D eigenvalue weighted by Gasteiger charge is -2.16. The minimum atomic E-state index is -0.678. The van der Waals surface area contributed by atoms with Crippen LogP contribution >= 0.6 is 0 Å². The van der Waals surface area contributed by atoms with E-state index in [-0.39, 0.29) is 17.5 Å². The maximum absolute atomic E-state index is 13.1. The molecule has 0 aliphatic heterocycles. The molecule has 0 saturated carbocycles. The molecule has 4 rings (SSSR count). The predicted molar refractivity (Wildman–Crippen MR) is 122 cm³/mol. The molecule has 1 N–H and O–H groups in total. The number of para-hydroxylation sites is 2. The first-order chi connectivity index (χ1) is 15.9. The predicted octanol–water partition coefficient (Wildman–Crippen LogP) is 4.38. The highest BCUT2D eigenvalue weighted by atomic mass is 16.6. The topological polar surface area (TPSA) is 131 Å². The first kappa shape index (κ1) is 21.4. The highest BCUT2D eigenvalue weighted by Gasteiger charge is 2.19. The summed E-state index contributed by atoms with van der Waals surface area (Å²) in [7, 11) is 0. The number of fused-ring (bicyclic) bond motifs is 1. The van der Waals surface area contributed by atoms with Gasteiger partial charge >= 0.3 is 5.88 Å². The van der Waals surface area contributed by atoms with Gasteiger partial charge in [0, 0.05) is 18.0 Å². The largest absolute Gasteiger partial charge is 0.433 e. The summed E-state index contributed by atoms with van der Waals surface area (Å²) in [6.07, 6.45) is 1.16. The van der Waals surface area contributed by atoms with Crippen molar-refractivity contribution in [1.29, 1.82) is 0 Å². The molecule has 10 nitrogen and oxygen atoms in total. The van der Waals surface area contributed by atoms with Crippen LogP contribution in [0, 0.1) is 10.1 Å². The summed E-state index contributed by atoms with van der Waals surface area (Å²) in [6.45, 7) is 1.28. The normalized spacial score (nSPS) is 10.9. The number of furan rings is 1.